The summed E-state index contributed by atoms with van der Waals surface area (Å²) < 4.78 is 11.9. The summed E-state index contributed by atoms with van der Waals surface area (Å²) in [5.74, 6) is -0.799. The van der Waals surface area contributed by atoms with Crippen molar-refractivity contribution in [3.8, 4) is 0 Å². The van der Waals surface area contributed by atoms with Gasteiger partial charge in [-0.1, -0.05) is 65.3 Å². The lowest BCUT2D eigenvalue weighted by Crippen LogP contribution is -2.72. The van der Waals surface area contributed by atoms with Crippen LogP contribution in [-0.4, -0.2) is 70.0 Å². The molecule has 4 fully saturated rings. The van der Waals surface area contributed by atoms with Gasteiger partial charge in [-0.2, -0.15) is 0 Å². The summed E-state index contributed by atoms with van der Waals surface area (Å²) in [6.45, 7) is 19.9. The van der Waals surface area contributed by atoms with E-state index in [1.54, 1.807) is 32.9 Å². The number of aliphatic hydroxyl groups is 4. The van der Waals surface area contributed by atoms with Crippen molar-refractivity contribution >= 4 is 11.9 Å². The topological polar surface area (TPSA) is 134 Å². The van der Waals surface area contributed by atoms with Gasteiger partial charge in [0.15, 0.2) is 0 Å². The second-order valence-electron chi connectivity index (χ2n) is 17.9. The summed E-state index contributed by atoms with van der Waals surface area (Å²) in [4.78, 5) is 25.9. The zero-order valence-corrected chi connectivity index (χ0v) is 31.1. The standard InChI is InChI=1S/C40H62O8/c1-11-23(3)33(45)47-22-37(8)27-15-18-38(9)28(36(27,7)17-16-29(37)42)14-13-25-26-19-35(5,6)31(44)32(48-34(46)24(4)12-2)40(26,21-41)30(43)20-39(25,38)10/h11-13,26-32,41-44H,14-22H2,1-10H3/t26?,27?,28?,29-,30+,31-,32-,36-,37+,38+,39+,40-/m0/s1. The quantitative estimate of drug-likeness (QED) is 0.152. The molecule has 0 aromatic rings. The van der Waals surface area contributed by atoms with E-state index >= 15 is 0 Å². The highest BCUT2D eigenvalue weighted by Crippen LogP contribution is 2.76. The van der Waals surface area contributed by atoms with Crippen molar-refractivity contribution in [1.29, 1.82) is 0 Å². The molecule has 0 radical (unpaired) electrons. The Bertz CT molecular complexity index is 1390. The van der Waals surface area contributed by atoms with Crippen LogP contribution in [0.15, 0.2) is 34.9 Å². The van der Waals surface area contributed by atoms with Gasteiger partial charge in [-0.15, -0.1) is 0 Å². The van der Waals surface area contributed by atoms with Crippen LogP contribution in [0.2, 0.25) is 0 Å². The first-order valence-corrected chi connectivity index (χ1v) is 18.2. The number of rotatable bonds is 6. The first-order chi connectivity index (χ1) is 22.2. The van der Waals surface area contributed by atoms with Gasteiger partial charge in [0.25, 0.3) is 0 Å². The molecule has 8 nitrogen and oxygen atoms in total. The van der Waals surface area contributed by atoms with Gasteiger partial charge in [0.1, 0.15) is 6.10 Å². The minimum absolute atomic E-state index is 0.136. The van der Waals surface area contributed by atoms with Crippen molar-refractivity contribution in [2.75, 3.05) is 13.2 Å². The van der Waals surface area contributed by atoms with E-state index in [4.69, 9.17) is 9.47 Å². The summed E-state index contributed by atoms with van der Waals surface area (Å²) in [5.41, 5.74) is -1.05. The van der Waals surface area contributed by atoms with E-state index in [1.165, 1.54) is 5.57 Å². The average Bonchev–Trinajstić information content (AvgIpc) is 3.03. The van der Waals surface area contributed by atoms with E-state index in [9.17, 15) is 30.0 Å². The molecule has 5 rings (SSSR count). The van der Waals surface area contributed by atoms with E-state index in [0.29, 0.717) is 30.4 Å². The molecule has 0 heterocycles. The molecule has 0 bridgehead atoms. The molecule has 0 saturated heterocycles. The molecular weight excluding hydrogens is 608 g/mol. The summed E-state index contributed by atoms with van der Waals surface area (Å²) in [6, 6.07) is 0. The third kappa shape index (κ3) is 5.04. The Balaban J connectivity index is 1.56. The summed E-state index contributed by atoms with van der Waals surface area (Å²) in [5, 5.41) is 46.8. The molecule has 0 aliphatic heterocycles. The van der Waals surface area contributed by atoms with Crippen LogP contribution in [0.5, 0.6) is 0 Å². The Morgan fingerprint density at radius 2 is 1.50 bits per heavy atom. The summed E-state index contributed by atoms with van der Waals surface area (Å²) in [6.07, 6.45) is 7.04. The minimum Gasteiger partial charge on any atom is -0.462 e. The highest BCUT2D eigenvalue weighted by Gasteiger charge is 2.73. The van der Waals surface area contributed by atoms with Gasteiger partial charge >= 0.3 is 11.9 Å². The SMILES string of the molecule is CC=C(C)C(=O)OC[C@]1(C)C2CC[C@]3(C)C(CC=C4C5CC(C)(C)[C@@H](O)[C@H](OC(=O)C(C)=CC)[C@]5(CO)[C@H](O)C[C@]43C)[C@@]2(C)CC[C@@H]1O. The zero-order chi connectivity index (χ0) is 35.8. The lowest BCUT2D eigenvalue weighted by molar-refractivity contribution is -0.263. The number of carbonyl (C=O) groups excluding carboxylic acids is 2. The van der Waals surface area contributed by atoms with E-state index in [2.05, 4.69) is 33.8 Å². The van der Waals surface area contributed by atoms with E-state index in [1.807, 2.05) is 20.8 Å². The number of allylic oxidation sites excluding steroid dienone is 4. The van der Waals surface area contributed by atoms with Crippen LogP contribution in [0.4, 0.5) is 0 Å². The van der Waals surface area contributed by atoms with Crippen LogP contribution < -0.4 is 0 Å². The molecule has 3 unspecified atom stereocenters. The Labute approximate surface area is 288 Å². The lowest BCUT2D eigenvalue weighted by Gasteiger charge is -2.72. The van der Waals surface area contributed by atoms with Gasteiger partial charge in [-0.25, -0.2) is 9.59 Å². The number of hydrogen-bond acceptors (Lipinski definition) is 8. The van der Waals surface area contributed by atoms with Crippen molar-refractivity contribution in [2.45, 2.75) is 139 Å². The van der Waals surface area contributed by atoms with E-state index in [-0.39, 0.29) is 41.2 Å². The highest BCUT2D eigenvalue weighted by atomic mass is 16.6. The van der Waals surface area contributed by atoms with Crippen molar-refractivity contribution in [3.63, 3.8) is 0 Å². The minimum atomic E-state index is -1.24. The van der Waals surface area contributed by atoms with Gasteiger partial charge in [0, 0.05) is 16.6 Å². The predicted molar refractivity (Wildman–Crippen MR) is 184 cm³/mol. The van der Waals surface area contributed by atoms with Gasteiger partial charge in [0.2, 0.25) is 0 Å². The van der Waals surface area contributed by atoms with Crippen LogP contribution in [0.3, 0.4) is 0 Å². The molecule has 48 heavy (non-hydrogen) atoms. The van der Waals surface area contributed by atoms with Crippen LogP contribution in [-0.2, 0) is 19.1 Å². The Hall–Kier alpha value is -2.00. The number of fused-ring (bicyclic) bond motifs is 7. The van der Waals surface area contributed by atoms with Gasteiger partial charge in [-0.3, -0.25) is 0 Å². The zero-order valence-electron chi connectivity index (χ0n) is 31.1. The molecular formula is C40H62O8. The number of ether oxygens (including phenoxy) is 2. The molecule has 5 aliphatic rings. The first-order valence-electron chi connectivity index (χ1n) is 18.2. The molecule has 0 amide bonds. The van der Waals surface area contributed by atoms with Gasteiger partial charge < -0.3 is 29.9 Å². The third-order valence-corrected chi connectivity index (χ3v) is 15.4. The second-order valence-corrected chi connectivity index (χ2v) is 17.9. The molecule has 270 valence electrons. The number of esters is 2. The van der Waals surface area contributed by atoms with Crippen molar-refractivity contribution < 1.29 is 39.5 Å². The lowest BCUT2D eigenvalue weighted by atomic mass is 9.33. The third-order valence-electron chi connectivity index (χ3n) is 15.4. The monoisotopic (exact) mass is 670 g/mol. The number of carbonyl (C=O) groups is 2. The van der Waals surface area contributed by atoms with Crippen molar-refractivity contribution in [3.05, 3.63) is 34.9 Å². The van der Waals surface area contributed by atoms with E-state index < -0.39 is 58.7 Å². The smallest absolute Gasteiger partial charge is 0.333 e. The maximum Gasteiger partial charge on any atom is 0.333 e. The summed E-state index contributed by atoms with van der Waals surface area (Å²) >= 11 is 0. The average molecular weight is 671 g/mol. The van der Waals surface area contributed by atoms with E-state index in [0.717, 1.165) is 25.7 Å². The Morgan fingerprint density at radius 1 is 0.875 bits per heavy atom. The number of hydrogen-bond donors (Lipinski definition) is 4. The maximum atomic E-state index is 13.2. The highest BCUT2D eigenvalue weighted by molar-refractivity contribution is 5.88. The Kier molecular flexibility index (Phi) is 9.58. The maximum absolute atomic E-state index is 13.2. The van der Waals surface area contributed by atoms with Crippen molar-refractivity contribution in [2.24, 2.45) is 50.2 Å². The molecule has 12 atom stereocenters. The fraction of sp³-hybridized carbons (Fsp3) is 0.800. The fourth-order valence-corrected chi connectivity index (χ4v) is 11.8. The van der Waals surface area contributed by atoms with Crippen LogP contribution in [0, 0.1) is 50.2 Å². The molecule has 4 saturated carbocycles. The second kappa shape index (κ2) is 12.3. The van der Waals surface area contributed by atoms with Crippen molar-refractivity contribution in [1.82, 2.24) is 0 Å². The van der Waals surface area contributed by atoms with Crippen LogP contribution in [0.1, 0.15) is 114 Å². The predicted octanol–water partition coefficient (Wildman–Crippen LogP) is 6.06. The molecule has 4 N–H and O–H groups in total. The molecule has 0 spiro atoms. The van der Waals surface area contributed by atoms with Crippen LogP contribution >= 0.6 is 0 Å². The molecule has 0 aromatic carbocycles. The van der Waals surface area contributed by atoms with Gasteiger partial charge in [-0.05, 0) is 112 Å². The normalized spacial score (nSPS) is 47.0. The fourth-order valence-electron chi connectivity index (χ4n) is 11.8. The summed E-state index contributed by atoms with van der Waals surface area (Å²) in [7, 11) is 0. The molecule has 0 aromatic heterocycles. The van der Waals surface area contributed by atoms with Crippen LogP contribution in [0.25, 0.3) is 0 Å². The largest absolute Gasteiger partial charge is 0.462 e. The molecule has 5 aliphatic carbocycles. The van der Waals surface area contributed by atoms with Gasteiger partial charge in [0.05, 0.1) is 36.9 Å². The first kappa shape index (κ1) is 37.3. The molecule has 8 heteroatoms. The number of aliphatic hydroxyl groups excluding tert-OH is 4. The Morgan fingerprint density at radius 3 is 2.10 bits per heavy atom.